The fraction of sp³-hybridized carbons (Fsp3) is 0.217. The minimum absolute atomic E-state index is 0.322. The number of anilines is 1. The molecule has 6 nitrogen and oxygen atoms in total. The maximum Gasteiger partial charge on any atom is 0.162 e. The topological polar surface area (TPSA) is 66.8 Å². The van der Waals surface area contributed by atoms with Gasteiger partial charge in [-0.05, 0) is 30.2 Å². The fourth-order valence-electron chi connectivity index (χ4n) is 3.92. The van der Waals surface area contributed by atoms with Gasteiger partial charge in [-0.15, -0.1) is 0 Å². The monoisotopic (exact) mass is 382 g/mol. The molecule has 5 rings (SSSR count). The lowest BCUT2D eigenvalue weighted by atomic mass is 10.0. The molecule has 0 bridgehead atoms. The van der Waals surface area contributed by atoms with E-state index in [2.05, 4.69) is 50.5 Å². The van der Waals surface area contributed by atoms with Gasteiger partial charge < -0.3 is 10.2 Å². The third kappa shape index (κ3) is 3.67. The number of rotatable bonds is 4. The van der Waals surface area contributed by atoms with Gasteiger partial charge in [-0.2, -0.15) is 0 Å². The van der Waals surface area contributed by atoms with Crippen LogP contribution in [0.15, 0.2) is 73.3 Å². The average molecular weight is 382 g/mol. The van der Waals surface area contributed by atoms with Crippen molar-refractivity contribution in [2.45, 2.75) is 12.5 Å². The van der Waals surface area contributed by atoms with Gasteiger partial charge in [0, 0.05) is 55.2 Å². The quantitative estimate of drug-likeness (QED) is 0.585. The largest absolute Gasteiger partial charge is 0.350 e. The maximum atomic E-state index is 5.02. The number of piperazine rings is 1. The van der Waals surface area contributed by atoms with Gasteiger partial charge in [0.15, 0.2) is 5.82 Å². The van der Waals surface area contributed by atoms with Gasteiger partial charge in [0.05, 0.1) is 11.7 Å². The molecule has 0 unspecified atom stereocenters. The predicted molar refractivity (Wildman–Crippen MR) is 115 cm³/mol. The van der Waals surface area contributed by atoms with E-state index in [1.807, 2.05) is 30.6 Å². The molecule has 1 saturated heterocycles. The van der Waals surface area contributed by atoms with E-state index >= 15 is 0 Å². The summed E-state index contributed by atoms with van der Waals surface area (Å²) in [7, 11) is 0. The molecule has 29 heavy (non-hydrogen) atoms. The first kappa shape index (κ1) is 17.7. The van der Waals surface area contributed by atoms with Gasteiger partial charge in [-0.25, -0.2) is 9.97 Å². The third-order valence-corrected chi connectivity index (χ3v) is 5.35. The van der Waals surface area contributed by atoms with Gasteiger partial charge in [0.25, 0.3) is 0 Å². The van der Waals surface area contributed by atoms with Crippen molar-refractivity contribution in [1.29, 1.82) is 0 Å². The fourth-order valence-corrected chi connectivity index (χ4v) is 3.92. The summed E-state index contributed by atoms with van der Waals surface area (Å²) in [5, 5.41) is 4.58. The van der Waals surface area contributed by atoms with Crippen molar-refractivity contribution < 1.29 is 0 Å². The molecule has 1 atom stereocenters. The normalized spacial score (nSPS) is 16.8. The van der Waals surface area contributed by atoms with Crippen LogP contribution in [0.2, 0.25) is 0 Å². The minimum Gasteiger partial charge on any atom is -0.350 e. The number of fused-ring (bicyclic) bond motifs is 1. The van der Waals surface area contributed by atoms with E-state index in [-0.39, 0.29) is 0 Å². The maximum absolute atomic E-state index is 5.02. The molecule has 0 radical (unpaired) electrons. The Morgan fingerprint density at radius 2 is 1.76 bits per heavy atom. The number of nitrogens with zero attached hydrogens (tertiary/aromatic N) is 5. The second-order valence-corrected chi connectivity index (χ2v) is 7.24. The minimum atomic E-state index is 0.322. The first-order chi connectivity index (χ1) is 14.4. The summed E-state index contributed by atoms with van der Waals surface area (Å²) in [5.41, 5.74) is 3.16. The van der Waals surface area contributed by atoms with Gasteiger partial charge in [-0.1, -0.05) is 30.3 Å². The molecule has 3 aromatic heterocycles. The summed E-state index contributed by atoms with van der Waals surface area (Å²) >= 11 is 0. The van der Waals surface area contributed by atoms with Crippen LogP contribution in [-0.2, 0) is 6.42 Å². The number of pyridine rings is 2. The van der Waals surface area contributed by atoms with E-state index in [1.54, 1.807) is 12.4 Å². The zero-order valence-corrected chi connectivity index (χ0v) is 16.1. The molecule has 4 heterocycles. The molecular formula is C23H22N6. The molecule has 1 N–H and O–H groups in total. The molecule has 0 aliphatic carbocycles. The van der Waals surface area contributed by atoms with Crippen molar-refractivity contribution in [2.24, 2.45) is 0 Å². The third-order valence-electron chi connectivity index (χ3n) is 5.35. The van der Waals surface area contributed by atoms with Crippen LogP contribution in [0.5, 0.6) is 0 Å². The van der Waals surface area contributed by atoms with Gasteiger partial charge >= 0.3 is 0 Å². The van der Waals surface area contributed by atoms with E-state index in [9.17, 15) is 0 Å². The summed E-state index contributed by atoms with van der Waals surface area (Å²) < 4.78 is 0. The first-order valence-corrected chi connectivity index (χ1v) is 9.92. The molecule has 6 heteroatoms. The van der Waals surface area contributed by atoms with Crippen LogP contribution in [-0.4, -0.2) is 45.6 Å². The van der Waals surface area contributed by atoms with Crippen molar-refractivity contribution in [3.05, 3.63) is 78.9 Å². The Morgan fingerprint density at radius 3 is 2.62 bits per heavy atom. The van der Waals surface area contributed by atoms with Gasteiger partial charge in [0.2, 0.25) is 0 Å². The van der Waals surface area contributed by atoms with Crippen LogP contribution >= 0.6 is 0 Å². The number of hydrogen-bond donors (Lipinski definition) is 1. The lowest BCUT2D eigenvalue weighted by Crippen LogP contribution is -2.52. The van der Waals surface area contributed by atoms with Gasteiger partial charge in [0.1, 0.15) is 5.82 Å². The molecule has 144 valence electrons. The number of hydrogen-bond acceptors (Lipinski definition) is 6. The van der Waals surface area contributed by atoms with E-state index in [0.717, 1.165) is 48.3 Å². The van der Waals surface area contributed by atoms with E-state index < -0.39 is 0 Å². The number of benzene rings is 1. The standard InChI is InChI=1S/C23H22N6/c1-2-4-17(5-3-1)14-19-15-26-12-13-29(19)23-20-8-11-25-16-21(20)27-22(28-23)18-6-9-24-10-7-18/h1-11,16,19,26H,12-15H2/t19-/m1/s1. The smallest absolute Gasteiger partial charge is 0.162 e. The van der Waals surface area contributed by atoms with Crippen LogP contribution in [0.4, 0.5) is 5.82 Å². The summed E-state index contributed by atoms with van der Waals surface area (Å²) in [4.78, 5) is 20.6. The Balaban J connectivity index is 1.60. The molecule has 1 fully saturated rings. The molecule has 4 aromatic rings. The Kier molecular flexibility index (Phi) is 4.84. The molecule has 1 aliphatic rings. The van der Waals surface area contributed by atoms with Crippen molar-refractivity contribution in [3.8, 4) is 11.4 Å². The summed E-state index contributed by atoms with van der Waals surface area (Å²) in [6.07, 6.45) is 8.15. The van der Waals surface area contributed by atoms with E-state index in [0.29, 0.717) is 11.9 Å². The average Bonchev–Trinajstić information content (AvgIpc) is 2.80. The highest BCUT2D eigenvalue weighted by Crippen LogP contribution is 2.29. The molecule has 1 aromatic carbocycles. The lowest BCUT2D eigenvalue weighted by Gasteiger charge is -2.38. The van der Waals surface area contributed by atoms with Crippen LogP contribution in [0.3, 0.4) is 0 Å². The second-order valence-electron chi connectivity index (χ2n) is 7.24. The summed E-state index contributed by atoms with van der Waals surface area (Å²) in [6, 6.07) is 16.9. The number of aromatic nitrogens is 4. The summed E-state index contributed by atoms with van der Waals surface area (Å²) in [5.74, 6) is 1.69. The predicted octanol–water partition coefficient (Wildman–Crippen LogP) is 3.11. The molecule has 1 aliphatic heterocycles. The van der Waals surface area contributed by atoms with Crippen molar-refractivity contribution in [2.75, 3.05) is 24.5 Å². The highest BCUT2D eigenvalue weighted by Gasteiger charge is 2.26. The Morgan fingerprint density at radius 1 is 0.931 bits per heavy atom. The van der Waals surface area contributed by atoms with E-state index in [4.69, 9.17) is 9.97 Å². The lowest BCUT2D eigenvalue weighted by molar-refractivity contribution is 0.471. The SMILES string of the molecule is c1ccc(C[C@@H]2CNCCN2c2nc(-c3ccncc3)nc3cnccc23)cc1. The molecular weight excluding hydrogens is 360 g/mol. The Labute approximate surface area is 169 Å². The van der Waals surface area contributed by atoms with Crippen LogP contribution in [0.1, 0.15) is 5.56 Å². The van der Waals surface area contributed by atoms with Crippen LogP contribution in [0.25, 0.3) is 22.3 Å². The van der Waals surface area contributed by atoms with Crippen molar-refractivity contribution in [3.63, 3.8) is 0 Å². The highest BCUT2D eigenvalue weighted by molar-refractivity contribution is 5.90. The zero-order valence-electron chi connectivity index (χ0n) is 16.1. The zero-order chi connectivity index (χ0) is 19.5. The van der Waals surface area contributed by atoms with Crippen molar-refractivity contribution >= 4 is 16.7 Å². The first-order valence-electron chi connectivity index (χ1n) is 9.92. The number of nitrogens with one attached hydrogen (secondary N) is 1. The van der Waals surface area contributed by atoms with Crippen LogP contribution in [0, 0.1) is 0 Å². The Hall–Kier alpha value is -3.38. The van der Waals surface area contributed by atoms with Crippen LogP contribution < -0.4 is 10.2 Å². The molecule has 0 spiro atoms. The highest BCUT2D eigenvalue weighted by atomic mass is 15.3. The summed E-state index contributed by atoms with van der Waals surface area (Å²) in [6.45, 7) is 2.77. The van der Waals surface area contributed by atoms with Crippen molar-refractivity contribution in [1.82, 2.24) is 25.3 Å². The Bertz CT molecular complexity index is 1100. The van der Waals surface area contributed by atoms with E-state index in [1.165, 1.54) is 5.56 Å². The molecule has 0 amide bonds. The molecule has 0 saturated carbocycles. The second kappa shape index (κ2) is 7.93. The van der Waals surface area contributed by atoms with Gasteiger partial charge in [-0.3, -0.25) is 9.97 Å².